The fourth-order valence-electron chi connectivity index (χ4n) is 4.36. The number of benzene rings is 3. The molecule has 4 aromatic rings. The highest BCUT2D eigenvalue weighted by molar-refractivity contribution is 6.06. The summed E-state index contributed by atoms with van der Waals surface area (Å²) in [7, 11) is 1.61. The molecule has 172 valence electrons. The van der Waals surface area contributed by atoms with Gasteiger partial charge in [0.15, 0.2) is 0 Å². The van der Waals surface area contributed by atoms with E-state index in [1.54, 1.807) is 7.11 Å². The molecule has 1 atom stereocenters. The average Bonchev–Trinajstić information content (AvgIpc) is 3.22. The van der Waals surface area contributed by atoms with Crippen molar-refractivity contribution in [2.45, 2.75) is 19.9 Å². The predicted molar refractivity (Wildman–Crippen MR) is 133 cm³/mol. The maximum absolute atomic E-state index is 13.7. The number of nitrogens with one attached hydrogen (secondary N) is 2. The van der Waals surface area contributed by atoms with Gasteiger partial charge in [-0.3, -0.25) is 9.36 Å². The van der Waals surface area contributed by atoms with E-state index >= 15 is 0 Å². The molecule has 2 heterocycles. The molecule has 0 unspecified atom stereocenters. The number of carbonyl (C=O) groups is 1. The number of allylic oxidation sites excluding steroid dienone is 1. The maximum atomic E-state index is 13.7. The van der Waals surface area contributed by atoms with E-state index < -0.39 is 0 Å². The zero-order valence-electron chi connectivity index (χ0n) is 19.3. The van der Waals surface area contributed by atoms with Crippen molar-refractivity contribution >= 4 is 28.6 Å². The molecule has 0 bridgehead atoms. The zero-order chi connectivity index (χ0) is 23.7. The normalized spacial score (nSPS) is 15.0. The van der Waals surface area contributed by atoms with E-state index in [4.69, 9.17) is 14.5 Å². The Morgan fingerprint density at radius 3 is 2.44 bits per heavy atom. The second-order valence-electron chi connectivity index (χ2n) is 8.05. The van der Waals surface area contributed by atoms with E-state index in [1.165, 1.54) is 0 Å². The molecule has 1 aromatic heterocycles. The molecule has 5 rings (SSSR count). The Balaban J connectivity index is 1.60. The third-order valence-corrected chi connectivity index (χ3v) is 5.93. The van der Waals surface area contributed by atoms with Gasteiger partial charge < -0.3 is 20.1 Å². The number of methoxy groups -OCH3 is 1. The lowest BCUT2D eigenvalue weighted by Gasteiger charge is -2.30. The fourth-order valence-corrected chi connectivity index (χ4v) is 4.36. The van der Waals surface area contributed by atoms with E-state index in [1.807, 2.05) is 86.6 Å². The predicted octanol–water partition coefficient (Wildman–Crippen LogP) is 5.37. The third-order valence-electron chi connectivity index (χ3n) is 5.93. The van der Waals surface area contributed by atoms with Gasteiger partial charge in [-0.1, -0.05) is 24.3 Å². The highest BCUT2D eigenvalue weighted by atomic mass is 16.5. The first-order valence-electron chi connectivity index (χ1n) is 11.2. The van der Waals surface area contributed by atoms with Crippen LogP contribution in [0.25, 0.3) is 11.0 Å². The standard InChI is InChI=1S/C27H26N4O3/c1-4-34-21-13-9-18(10-14-21)25-24(26(32)29-19-11-15-20(33-3)16-12-19)17(2)28-27-30-22-7-5-6-8-23(22)31(25)27/h5-16,25H,4H2,1-3H3,(H,28,30)(H,29,32)/t25-/m1/s1. The minimum absolute atomic E-state index is 0.183. The molecule has 0 radical (unpaired) electrons. The lowest BCUT2D eigenvalue weighted by atomic mass is 9.94. The number of imidazole rings is 1. The van der Waals surface area contributed by atoms with Crippen LogP contribution in [0.1, 0.15) is 25.5 Å². The lowest BCUT2D eigenvalue weighted by Crippen LogP contribution is -2.30. The Bertz CT molecular complexity index is 1370. The summed E-state index contributed by atoms with van der Waals surface area (Å²) in [4.78, 5) is 18.4. The van der Waals surface area contributed by atoms with Crippen LogP contribution >= 0.6 is 0 Å². The van der Waals surface area contributed by atoms with E-state index in [0.29, 0.717) is 23.8 Å². The number of rotatable bonds is 6. The lowest BCUT2D eigenvalue weighted by molar-refractivity contribution is -0.113. The molecule has 0 saturated carbocycles. The molecule has 0 saturated heterocycles. The van der Waals surface area contributed by atoms with Gasteiger partial charge in [-0.2, -0.15) is 0 Å². The molecule has 7 nitrogen and oxygen atoms in total. The van der Waals surface area contributed by atoms with E-state index in [0.717, 1.165) is 33.8 Å². The van der Waals surface area contributed by atoms with Gasteiger partial charge in [0.2, 0.25) is 5.95 Å². The topological polar surface area (TPSA) is 77.4 Å². The van der Waals surface area contributed by atoms with Crippen LogP contribution in [0.4, 0.5) is 11.6 Å². The number of anilines is 2. The summed E-state index contributed by atoms with van der Waals surface area (Å²) in [5.74, 6) is 2.05. The van der Waals surface area contributed by atoms with Gasteiger partial charge in [-0.05, 0) is 67.9 Å². The third kappa shape index (κ3) is 3.85. The summed E-state index contributed by atoms with van der Waals surface area (Å²) in [6, 6.07) is 22.8. The van der Waals surface area contributed by atoms with Gasteiger partial charge in [0, 0.05) is 11.4 Å². The van der Waals surface area contributed by atoms with Gasteiger partial charge in [0.25, 0.3) is 5.91 Å². The first-order valence-corrected chi connectivity index (χ1v) is 11.2. The Labute approximate surface area is 198 Å². The Morgan fingerprint density at radius 1 is 1.03 bits per heavy atom. The van der Waals surface area contributed by atoms with Crippen LogP contribution in [0.5, 0.6) is 11.5 Å². The van der Waals surface area contributed by atoms with Crippen LogP contribution in [-0.4, -0.2) is 29.2 Å². The number of ether oxygens (including phenoxy) is 2. The fraction of sp³-hybridized carbons (Fsp3) is 0.185. The first kappa shape index (κ1) is 21.6. The monoisotopic (exact) mass is 454 g/mol. The summed E-state index contributed by atoms with van der Waals surface area (Å²) in [5.41, 5.74) is 4.85. The summed E-state index contributed by atoms with van der Waals surface area (Å²) in [5, 5.41) is 6.39. The first-order chi connectivity index (χ1) is 16.6. The van der Waals surface area contributed by atoms with E-state index in [9.17, 15) is 4.79 Å². The second-order valence-corrected chi connectivity index (χ2v) is 8.05. The van der Waals surface area contributed by atoms with E-state index in [2.05, 4.69) is 15.2 Å². The molecule has 1 aliphatic heterocycles. The molecule has 34 heavy (non-hydrogen) atoms. The van der Waals surface area contributed by atoms with Crippen LogP contribution in [0, 0.1) is 0 Å². The molecule has 3 aromatic carbocycles. The second kappa shape index (κ2) is 8.94. The number of hydrogen-bond acceptors (Lipinski definition) is 5. The molecule has 0 aliphatic carbocycles. The molecule has 1 aliphatic rings. The van der Waals surface area contributed by atoms with Crippen LogP contribution in [0.15, 0.2) is 84.1 Å². The molecule has 0 fully saturated rings. The number of amides is 1. The molecule has 0 spiro atoms. The van der Waals surface area contributed by atoms with Gasteiger partial charge >= 0.3 is 0 Å². The van der Waals surface area contributed by atoms with Crippen LogP contribution < -0.4 is 20.1 Å². The van der Waals surface area contributed by atoms with Crippen molar-refractivity contribution in [1.29, 1.82) is 0 Å². The summed E-state index contributed by atoms with van der Waals surface area (Å²) >= 11 is 0. The van der Waals surface area contributed by atoms with Crippen LogP contribution in [0.2, 0.25) is 0 Å². The Kier molecular flexibility index (Phi) is 5.67. The Morgan fingerprint density at radius 2 is 1.74 bits per heavy atom. The Hall–Kier alpha value is -4.26. The van der Waals surface area contributed by atoms with Crippen molar-refractivity contribution in [2.75, 3.05) is 24.4 Å². The number of carbonyl (C=O) groups excluding carboxylic acids is 1. The minimum atomic E-state index is -0.363. The maximum Gasteiger partial charge on any atom is 0.255 e. The largest absolute Gasteiger partial charge is 0.497 e. The van der Waals surface area contributed by atoms with Crippen LogP contribution in [-0.2, 0) is 4.79 Å². The number of fused-ring (bicyclic) bond motifs is 3. The molecule has 7 heteroatoms. The summed E-state index contributed by atoms with van der Waals surface area (Å²) in [6.45, 7) is 4.46. The number of hydrogen-bond donors (Lipinski definition) is 2. The average molecular weight is 455 g/mol. The number of nitrogens with zero attached hydrogens (tertiary/aromatic N) is 2. The number of para-hydroxylation sites is 2. The summed E-state index contributed by atoms with van der Waals surface area (Å²) in [6.07, 6.45) is 0. The molecular weight excluding hydrogens is 428 g/mol. The van der Waals surface area contributed by atoms with Crippen molar-refractivity contribution in [3.63, 3.8) is 0 Å². The van der Waals surface area contributed by atoms with Crippen molar-refractivity contribution in [3.8, 4) is 11.5 Å². The van der Waals surface area contributed by atoms with Crippen molar-refractivity contribution in [1.82, 2.24) is 9.55 Å². The van der Waals surface area contributed by atoms with Crippen molar-refractivity contribution < 1.29 is 14.3 Å². The molecular formula is C27H26N4O3. The summed E-state index contributed by atoms with van der Waals surface area (Å²) < 4.78 is 12.9. The molecule has 2 N–H and O–H groups in total. The molecule has 1 amide bonds. The van der Waals surface area contributed by atoms with Crippen LogP contribution in [0.3, 0.4) is 0 Å². The quantitative estimate of drug-likeness (QED) is 0.410. The highest BCUT2D eigenvalue weighted by Gasteiger charge is 2.34. The zero-order valence-corrected chi connectivity index (χ0v) is 19.3. The number of aromatic nitrogens is 2. The van der Waals surface area contributed by atoms with Gasteiger partial charge in [0.05, 0.1) is 36.4 Å². The van der Waals surface area contributed by atoms with E-state index in [-0.39, 0.29) is 11.9 Å². The minimum Gasteiger partial charge on any atom is -0.497 e. The smallest absolute Gasteiger partial charge is 0.255 e. The van der Waals surface area contributed by atoms with Crippen molar-refractivity contribution in [2.24, 2.45) is 0 Å². The van der Waals surface area contributed by atoms with Gasteiger partial charge in [-0.25, -0.2) is 4.98 Å². The SMILES string of the molecule is CCOc1ccc([C@@H]2C(C(=O)Nc3ccc(OC)cc3)=C(C)Nc3nc4ccccc4n32)cc1. The van der Waals surface area contributed by atoms with Gasteiger partial charge in [0.1, 0.15) is 11.5 Å². The van der Waals surface area contributed by atoms with Crippen molar-refractivity contribution in [3.05, 3.63) is 89.6 Å². The van der Waals surface area contributed by atoms with Gasteiger partial charge in [-0.15, -0.1) is 0 Å². The highest BCUT2D eigenvalue weighted by Crippen LogP contribution is 2.40.